The zero-order chi connectivity index (χ0) is 19.1. The maximum absolute atomic E-state index is 12.1. The first-order valence-corrected chi connectivity index (χ1v) is 8.73. The predicted octanol–water partition coefficient (Wildman–Crippen LogP) is 2.84. The molecule has 1 aromatic carbocycles. The van der Waals surface area contributed by atoms with E-state index in [1.165, 1.54) is 26.4 Å². The van der Waals surface area contributed by atoms with E-state index in [0.29, 0.717) is 20.7 Å². The molecule has 0 aliphatic heterocycles. The van der Waals surface area contributed by atoms with E-state index < -0.39 is 11.8 Å². The van der Waals surface area contributed by atoms with Crippen molar-refractivity contribution in [3.05, 3.63) is 45.1 Å². The number of rotatable bonds is 7. The van der Waals surface area contributed by atoms with Gasteiger partial charge in [-0.05, 0) is 24.3 Å². The van der Waals surface area contributed by atoms with Gasteiger partial charge in [0, 0.05) is 24.5 Å². The number of Topliss-reactive ketones (excluding diaryl/α,β-unsaturated/α-hetero) is 1. The number of carbonyl (C=O) groups is 3. The molecule has 9 heteroatoms. The molecule has 0 atom stereocenters. The van der Waals surface area contributed by atoms with E-state index in [2.05, 4.69) is 10.9 Å². The first-order chi connectivity index (χ1) is 12.4. The van der Waals surface area contributed by atoms with Crippen LogP contribution in [0.5, 0.6) is 11.5 Å². The van der Waals surface area contributed by atoms with Crippen LogP contribution >= 0.6 is 22.9 Å². The number of ether oxygens (including phenoxy) is 2. The molecule has 1 aromatic heterocycles. The summed E-state index contributed by atoms with van der Waals surface area (Å²) in [6, 6.07) is 7.88. The lowest BCUT2D eigenvalue weighted by atomic mass is 10.2. The van der Waals surface area contributed by atoms with Crippen LogP contribution in [0, 0.1) is 0 Å². The Morgan fingerprint density at radius 2 is 1.65 bits per heavy atom. The van der Waals surface area contributed by atoms with E-state index in [4.69, 9.17) is 21.1 Å². The quantitative estimate of drug-likeness (QED) is 0.554. The number of hydrogen-bond donors (Lipinski definition) is 2. The molecule has 1 heterocycles. The number of thiophene rings is 1. The van der Waals surface area contributed by atoms with Crippen molar-refractivity contribution in [2.24, 2.45) is 0 Å². The third-order valence-electron chi connectivity index (χ3n) is 3.36. The van der Waals surface area contributed by atoms with E-state index in [9.17, 15) is 14.4 Å². The Hall–Kier alpha value is -2.58. The first kappa shape index (κ1) is 19.7. The highest BCUT2D eigenvalue weighted by Crippen LogP contribution is 2.23. The topological polar surface area (TPSA) is 93.7 Å². The Morgan fingerprint density at radius 1 is 1.00 bits per heavy atom. The van der Waals surface area contributed by atoms with Crippen molar-refractivity contribution in [3.63, 3.8) is 0 Å². The zero-order valence-corrected chi connectivity index (χ0v) is 15.7. The lowest BCUT2D eigenvalue weighted by Crippen LogP contribution is -2.41. The molecule has 0 spiro atoms. The van der Waals surface area contributed by atoms with E-state index in [-0.39, 0.29) is 24.2 Å². The molecule has 0 saturated heterocycles. The minimum absolute atomic E-state index is 0.0194. The fourth-order valence-corrected chi connectivity index (χ4v) is 3.02. The van der Waals surface area contributed by atoms with Crippen LogP contribution in [0.4, 0.5) is 0 Å². The van der Waals surface area contributed by atoms with Gasteiger partial charge in [0.2, 0.25) is 5.91 Å². The zero-order valence-electron chi connectivity index (χ0n) is 14.1. The minimum atomic E-state index is -0.535. The first-order valence-electron chi connectivity index (χ1n) is 7.53. The van der Waals surface area contributed by atoms with Gasteiger partial charge in [-0.2, -0.15) is 0 Å². The van der Waals surface area contributed by atoms with Gasteiger partial charge >= 0.3 is 0 Å². The van der Waals surface area contributed by atoms with Crippen LogP contribution in [0.2, 0.25) is 4.34 Å². The molecular formula is C17H17ClN2O5S. The highest BCUT2D eigenvalue weighted by Gasteiger charge is 2.13. The van der Waals surface area contributed by atoms with Gasteiger partial charge in [-0.3, -0.25) is 25.2 Å². The second-order valence-corrected chi connectivity index (χ2v) is 6.85. The summed E-state index contributed by atoms with van der Waals surface area (Å²) in [5.74, 6) is -0.306. The van der Waals surface area contributed by atoms with Gasteiger partial charge in [-0.25, -0.2) is 0 Å². The Bertz CT molecular complexity index is 799. The van der Waals surface area contributed by atoms with Gasteiger partial charge in [0.25, 0.3) is 5.91 Å². The molecule has 2 N–H and O–H groups in total. The molecular weight excluding hydrogens is 380 g/mol. The van der Waals surface area contributed by atoms with Crippen molar-refractivity contribution in [2.75, 3.05) is 14.2 Å². The van der Waals surface area contributed by atoms with Crippen molar-refractivity contribution < 1.29 is 23.9 Å². The summed E-state index contributed by atoms with van der Waals surface area (Å²) in [7, 11) is 2.94. The van der Waals surface area contributed by atoms with Gasteiger partial charge in [-0.1, -0.05) is 11.6 Å². The fraction of sp³-hybridized carbons (Fsp3) is 0.235. The molecule has 7 nitrogen and oxygen atoms in total. The second kappa shape index (κ2) is 9.21. The number of ketones is 1. The highest BCUT2D eigenvalue weighted by atomic mass is 35.5. The third-order valence-corrected chi connectivity index (χ3v) is 4.63. The molecule has 0 aliphatic carbocycles. The SMILES string of the molecule is COc1cc(OC)cc(C(=O)NNC(=O)CCC(=O)c2ccc(Cl)s2)c1. The molecule has 138 valence electrons. The molecule has 2 amide bonds. The largest absolute Gasteiger partial charge is 0.497 e. The molecule has 0 fully saturated rings. The summed E-state index contributed by atoms with van der Waals surface area (Å²) < 4.78 is 10.7. The highest BCUT2D eigenvalue weighted by molar-refractivity contribution is 7.18. The van der Waals surface area contributed by atoms with E-state index >= 15 is 0 Å². The minimum Gasteiger partial charge on any atom is -0.497 e. The number of halogens is 1. The second-order valence-electron chi connectivity index (χ2n) is 5.13. The summed E-state index contributed by atoms with van der Waals surface area (Å²) in [4.78, 5) is 36.4. The third kappa shape index (κ3) is 5.47. The van der Waals surface area contributed by atoms with Crippen LogP contribution in [0.3, 0.4) is 0 Å². The predicted molar refractivity (Wildman–Crippen MR) is 98.0 cm³/mol. The van der Waals surface area contributed by atoms with Crippen LogP contribution in [0.1, 0.15) is 32.9 Å². The molecule has 26 heavy (non-hydrogen) atoms. The van der Waals surface area contributed by atoms with E-state index in [1.807, 2.05) is 0 Å². The Labute approximate surface area is 159 Å². The lowest BCUT2D eigenvalue weighted by molar-refractivity contribution is -0.121. The van der Waals surface area contributed by atoms with Gasteiger partial charge in [-0.15, -0.1) is 11.3 Å². The number of methoxy groups -OCH3 is 2. The maximum Gasteiger partial charge on any atom is 0.269 e. The summed E-state index contributed by atoms with van der Waals surface area (Å²) in [5.41, 5.74) is 4.82. The summed E-state index contributed by atoms with van der Waals surface area (Å²) >= 11 is 6.94. The van der Waals surface area contributed by atoms with Crippen molar-refractivity contribution in [2.45, 2.75) is 12.8 Å². The van der Waals surface area contributed by atoms with Crippen molar-refractivity contribution in [1.82, 2.24) is 10.9 Å². The fourth-order valence-electron chi connectivity index (χ4n) is 2.01. The molecule has 2 rings (SSSR count). The molecule has 0 radical (unpaired) electrons. The van der Waals surface area contributed by atoms with Crippen molar-refractivity contribution >= 4 is 40.5 Å². The van der Waals surface area contributed by atoms with Crippen LogP contribution in [-0.4, -0.2) is 31.8 Å². The average Bonchev–Trinajstić information content (AvgIpc) is 3.09. The number of nitrogens with one attached hydrogen (secondary N) is 2. The molecule has 2 aromatic rings. The number of carbonyl (C=O) groups excluding carboxylic acids is 3. The van der Waals surface area contributed by atoms with Crippen LogP contribution in [0.25, 0.3) is 0 Å². The lowest BCUT2D eigenvalue weighted by Gasteiger charge is -2.10. The molecule has 0 aliphatic rings. The van der Waals surface area contributed by atoms with Gasteiger partial charge < -0.3 is 9.47 Å². The van der Waals surface area contributed by atoms with Crippen LogP contribution in [-0.2, 0) is 4.79 Å². The Kier molecular flexibility index (Phi) is 6.99. The van der Waals surface area contributed by atoms with Gasteiger partial charge in [0.1, 0.15) is 11.5 Å². The molecule has 0 saturated carbocycles. The van der Waals surface area contributed by atoms with Crippen LogP contribution < -0.4 is 20.3 Å². The van der Waals surface area contributed by atoms with Crippen LogP contribution in [0.15, 0.2) is 30.3 Å². The smallest absolute Gasteiger partial charge is 0.269 e. The molecule has 0 bridgehead atoms. The molecule has 0 unspecified atom stereocenters. The summed E-state index contributed by atoms with van der Waals surface area (Å²) in [6.07, 6.45) is -0.0401. The normalized spacial score (nSPS) is 10.1. The Morgan fingerprint density at radius 3 is 2.19 bits per heavy atom. The van der Waals surface area contributed by atoms with Crippen molar-refractivity contribution in [3.8, 4) is 11.5 Å². The van der Waals surface area contributed by atoms with E-state index in [1.54, 1.807) is 18.2 Å². The summed E-state index contributed by atoms with van der Waals surface area (Å²) in [6.45, 7) is 0. The standard InChI is InChI=1S/C17H17ClN2O5S/c1-24-11-7-10(8-12(9-11)25-2)17(23)20-19-16(22)6-3-13(21)14-4-5-15(18)26-14/h4-5,7-9H,3,6H2,1-2H3,(H,19,22)(H,20,23). The van der Waals surface area contributed by atoms with Gasteiger partial charge in [0.05, 0.1) is 23.4 Å². The monoisotopic (exact) mass is 396 g/mol. The van der Waals surface area contributed by atoms with Gasteiger partial charge in [0.15, 0.2) is 5.78 Å². The average molecular weight is 397 g/mol. The van der Waals surface area contributed by atoms with Crippen molar-refractivity contribution in [1.29, 1.82) is 0 Å². The number of hydrazine groups is 1. The maximum atomic E-state index is 12.1. The Balaban J connectivity index is 1.85. The van der Waals surface area contributed by atoms with E-state index in [0.717, 1.165) is 11.3 Å². The number of amides is 2. The number of hydrogen-bond acceptors (Lipinski definition) is 6. The number of benzene rings is 1. The summed E-state index contributed by atoms with van der Waals surface area (Å²) in [5, 5.41) is 0.